The summed E-state index contributed by atoms with van der Waals surface area (Å²) >= 11 is 0. The van der Waals surface area contributed by atoms with E-state index in [1.165, 1.54) is 11.6 Å². The van der Waals surface area contributed by atoms with Crippen molar-refractivity contribution in [3.63, 3.8) is 0 Å². The van der Waals surface area contributed by atoms with Crippen LogP contribution in [-0.2, 0) is 6.42 Å². The first-order valence-corrected chi connectivity index (χ1v) is 7.20. The van der Waals surface area contributed by atoms with Gasteiger partial charge in [0.15, 0.2) is 0 Å². The average Bonchev–Trinajstić information content (AvgIpc) is 2.90. The summed E-state index contributed by atoms with van der Waals surface area (Å²) in [5.41, 5.74) is 2.82. The summed E-state index contributed by atoms with van der Waals surface area (Å²) in [6, 6.07) is 12.7. The molecule has 22 heavy (non-hydrogen) atoms. The number of carbonyl (C=O) groups excluding carboxylic acids is 1. The van der Waals surface area contributed by atoms with Crippen LogP contribution in [0.1, 0.15) is 39.5 Å². The Morgan fingerprint density at radius 2 is 2.00 bits per heavy atom. The van der Waals surface area contributed by atoms with Crippen molar-refractivity contribution in [2.75, 3.05) is 0 Å². The third kappa shape index (κ3) is 2.45. The summed E-state index contributed by atoms with van der Waals surface area (Å²) in [6.07, 6.45) is 1.74. The van der Waals surface area contributed by atoms with Gasteiger partial charge in [0.1, 0.15) is 5.56 Å². The van der Waals surface area contributed by atoms with E-state index in [1.807, 2.05) is 18.2 Å². The highest BCUT2D eigenvalue weighted by Crippen LogP contribution is 2.31. The largest absolute Gasteiger partial charge is 0.345 e. The van der Waals surface area contributed by atoms with Crippen LogP contribution in [0.5, 0.6) is 0 Å². The van der Waals surface area contributed by atoms with Gasteiger partial charge in [0.2, 0.25) is 0 Å². The van der Waals surface area contributed by atoms with Crippen LogP contribution in [0.25, 0.3) is 0 Å². The number of hydrogen-bond acceptors (Lipinski definition) is 3. The first kappa shape index (κ1) is 14.3. The zero-order chi connectivity index (χ0) is 15.7. The summed E-state index contributed by atoms with van der Waals surface area (Å²) in [5.74, 6) is -0.392. The fraction of sp³-hybridized carbons (Fsp3) is 0.235. The lowest BCUT2D eigenvalue weighted by Crippen LogP contribution is -2.27. The Morgan fingerprint density at radius 1 is 1.23 bits per heavy atom. The number of hydrogen-bond donors (Lipinski definition) is 1. The first-order chi connectivity index (χ1) is 10.6. The average molecular weight is 296 g/mol. The van der Waals surface area contributed by atoms with Crippen molar-refractivity contribution in [3.8, 4) is 0 Å². The molecule has 2 aromatic rings. The van der Waals surface area contributed by atoms with Crippen LogP contribution in [0.2, 0.25) is 0 Å². The van der Waals surface area contributed by atoms with E-state index in [9.17, 15) is 14.9 Å². The van der Waals surface area contributed by atoms with Gasteiger partial charge in [-0.15, -0.1) is 0 Å². The fourth-order valence-corrected chi connectivity index (χ4v) is 3.03. The number of amides is 1. The molecule has 5 nitrogen and oxygen atoms in total. The van der Waals surface area contributed by atoms with Gasteiger partial charge < -0.3 is 5.32 Å². The molecule has 0 saturated carbocycles. The van der Waals surface area contributed by atoms with Crippen molar-refractivity contribution in [2.45, 2.75) is 25.8 Å². The maximum absolute atomic E-state index is 12.5. The fourth-order valence-electron chi connectivity index (χ4n) is 3.03. The Bertz CT molecular complexity index is 755. The standard InChI is InChI=1S/C17H16N2O3/c1-11-5-4-8-14(16(11)19(21)22)17(20)18-15-10-9-12-6-2-3-7-13(12)15/h2-8,15H,9-10H2,1H3,(H,18,20). The molecule has 0 aliphatic heterocycles. The van der Waals surface area contributed by atoms with Gasteiger partial charge in [-0.2, -0.15) is 0 Å². The summed E-state index contributed by atoms with van der Waals surface area (Å²) < 4.78 is 0. The van der Waals surface area contributed by atoms with Crippen LogP contribution >= 0.6 is 0 Å². The molecule has 5 heteroatoms. The molecule has 1 aliphatic carbocycles. The summed E-state index contributed by atoms with van der Waals surface area (Å²) in [5, 5.41) is 14.1. The lowest BCUT2D eigenvalue weighted by atomic mass is 10.1. The van der Waals surface area contributed by atoms with E-state index in [1.54, 1.807) is 19.1 Å². The molecule has 0 bridgehead atoms. The minimum Gasteiger partial charge on any atom is -0.345 e. The Morgan fingerprint density at radius 3 is 2.77 bits per heavy atom. The molecule has 2 aromatic carbocycles. The Hall–Kier alpha value is -2.69. The smallest absolute Gasteiger partial charge is 0.285 e. The molecular formula is C17H16N2O3. The van der Waals surface area contributed by atoms with Crippen LogP contribution in [0.4, 0.5) is 5.69 Å². The maximum Gasteiger partial charge on any atom is 0.285 e. The first-order valence-electron chi connectivity index (χ1n) is 7.20. The second-order valence-corrected chi connectivity index (χ2v) is 5.49. The molecule has 0 saturated heterocycles. The second-order valence-electron chi connectivity index (χ2n) is 5.49. The van der Waals surface area contributed by atoms with E-state index < -0.39 is 10.8 Å². The Labute approximate surface area is 128 Å². The topological polar surface area (TPSA) is 72.2 Å². The zero-order valence-corrected chi connectivity index (χ0v) is 12.2. The van der Waals surface area contributed by atoms with Crippen LogP contribution < -0.4 is 5.32 Å². The molecule has 3 rings (SSSR count). The molecule has 1 aliphatic rings. The number of rotatable bonds is 3. The van der Waals surface area contributed by atoms with Crippen molar-refractivity contribution in [1.29, 1.82) is 0 Å². The quantitative estimate of drug-likeness (QED) is 0.697. The molecule has 0 fully saturated rings. The molecular weight excluding hydrogens is 280 g/mol. The summed E-state index contributed by atoms with van der Waals surface area (Å²) in [6.45, 7) is 1.64. The number of nitro benzene ring substituents is 1. The molecule has 0 heterocycles. The third-order valence-electron chi connectivity index (χ3n) is 4.10. The molecule has 0 radical (unpaired) electrons. The minimum atomic E-state index is -0.493. The molecule has 1 amide bonds. The predicted octanol–water partition coefficient (Wildman–Crippen LogP) is 3.32. The SMILES string of the molecule is Cc1cccc(C(=O)NC2CCc3ccccc32)c1[N+](=O)[O-]. The van der Waals surface area contributed by atoms with Gasteiger partial charge in [-0.05, 0) is 37.0 Å². The van der Waals surface area contributed by atoms with E-state index in [4.69, 9.17) is 0 Å². The van der Waals surface area contributed by atoms with E-state index in [-0.39, 0.29) is 17.3 Å². The zero-order valence-electron chi connectivity index (χ0n) is 12.2. The number of nitrogens with zero attached hydrogens (tertiary/aromatic N) is 1. The van der Waals surface area contributed by atoms with E-state index in [0.29, 0.717) is 5.56 Å². The van der Waals surface area contributed by atoms with Crippen molar-refractivity contribution in [2.24, 2.45) is 0 Å². The molecule has 1 N–H and O–H groups in total. The van der Waals surface area contributed by atoms with E-state index in [2.05, 4.69) is 11.4 Å². The Balaban J connectivity index is 1.88. The third-order valence-corrected chi connectivity index (χ3v) is 4.10. The molecule has 1 unspecified atom stereocenters. The molecule has 0 aromatic heterocycles. The highest BCUT2D eigenvalue weighted by Gasteiger charge is 2.27. The van der Waals surface area contributed by atoms with Crippen LogP contribution in [0.3, 0.4) is 0 Å². The number of aryl methyl sites for hydroxylation is 2. The van der Waals surface area contributed by atoms with Gasteiger partial charge in [0.05, 0.1) is 11.0 Å². The van der Waals surface area contributed by atoms with Crippen molar-refractivity contribution < 1.29 is 9.72 Å². The monoisotopic (exact) mass is 296 g/mol. The number of fused-ring (bicyclic) bond motifs is 1. The number of benzene rings is 2. The maximum atomic E-state index is 12.5. The lowest BCUT2D eigenvalue weighted by molar-refractivity contribution is -0.385. The number of nitrogens with one attached hydrogen (secondary N) is 1. The second kappa shape index (κ2) is 5.60. The van der Waals surface area contributed by atoms with Crippen LogP contribution in [0.15, 0.2) is 42.5 Å². The van der Waals surface area contributed by atoms with Crippen molar-refractivity contribution in [3.05, 3.63) is 74.8 Å². The van der Waals surface area contributed by atoms with E-state index in [0.717, 1.165) is 18.4 Å². The van der Waals surface area contributed by atoms with Gasteiger partial charge in [-0.3, -0.25) is 14.9 Å². The number of para-hydroxylation sites is 1. The molecule has 1 atom stereocenters. The lowest BCUT2D eigenvalue weighted by Gasteiger charge is -2.14. The van der Waals surface area contributed by atoms with E-state index >= 15 is 0 Å². The van der Waals surface area contributed by atoms with Gasteiger partial charge >= 0.3 is 0 Å². The number of nitro groups is 1. The number of carbonyl (C=O) groups is 1. The summed E-state index contributed by atoms with van der Waals surface area (Å²) in [7, 11) is 0. The molecule has 0 spiro atoms. The van der Waals surface area contributed by atoms with Crippen LogP contribution in [0, 0.1) is 17.0 Å². The minimum absolute atomic E-state index is 0.0798. The van der Waals surface area contributed by atoms with Gasteiger partial charge in [0.25, 0.3) is 11.6 Å². The highest BCUT2D eigenvalue weighted by atomic mass is 16.6. The van der Waals surface area contributed by atoms with Crippen molar-refractivity contribution in [1.82, 2.24) is 5.32 Å². The van der Waals surface area contributed by atoms with Crippen molar-refractivity contribution >= 4 is 11.6 Å². The van der Waals surface area contributed by atoms with Gasteiger partial charge in [0, 0.05) is 5.56 Å². The summed E-state index contributed by atoms with van der Waals surface area (Å²) in [4.78, 5) is 23.2. The highest BCUT2D eigenvalue weighted by molar-refractivity contribution is 5.98. The Kier molecular flexibility index (Phi) is 3.63. The molecule has 112 valence electrons. The van der Waals surface area contributed by atoms with Crippen LogP contribution in [-0.4, -0.2) is 10.8 Å². The van der Waals surface area contributed by atoms with Gasteiger partial charge in [-0.1, -0.05) is 36.4 Å². The van der Waals surface area contributed by atoms with Gasteiger partial charge in [-0.25, -0.2) is 0 Å². The normalized spacial score (nSPS) is 16.1. The predicted molar refractivity (Wildman–Crippen MR) is 82.8 cm³/mol.